The molecule has 1 aliphatic rings. The van der Waals surface area contributed by atoms with Gasteiger partial charge in [0.05, 0.1) is 26.2 Å². The first-order valence-corrected chi connectivity index (χ1v) is 10.3. The molecule has 2 aromatic rings. The number of carbonyl (C=O) groups is 2. The van der Waals surface area contributed by atoms with Crippen LogP contribution in [0, 0.1) is 5.82 Å². The Balaban J connectivity index is 1.39. The van der Waals surface area contributed by atoms with Crippen molar-refractivity contribution in [2.24, 2.45) is 0 Å². The van der Waals surface area contributed by atoms with Gasteiger partial charge < -0.3 is 19.9 Å². The van der Waals surface area contributed by atoms with Crippen molar-refractivity contribution >= 4 is 17.5 Å². The Morgan fingerprint density at radius 3 is 2.47 bits per heavy atom. The lowest BCUT2D eigenvalue weighted by Crippen LogP contribution is -3.15. The van der Waals surface area contributed by atoms with E-state index in [2.05, 4.69) is 19.2 Å². The summed E-state index contributed by atoms with van der Waals surface area (Å²) >= 11 is 0. The molecular weight excluding hydrogens is 385 g/mol. The Kier molecular flexibility index (Phi) is 7.41. The van der Waals surface area contributed by atoms with Gasteiger partial charge in [0.15, 0.2) is 13.2 Å². The first kappa shape index (κ1) is 21.8. The van der Waals surface area contributed by atoms with E-state index in [0.29, 0.717) is 43.5 Å². The average Bonchev–Trinajstić information content (AvgIpc) is 2.72. The zero-order valence-corrected chi connectivity index (χ0v) is 17.5. The summed E-state index contributed by atoms with van der Waals surface area (Å²) in [6, 6.07) is 13.7. The Morgan fingerprint density at radius 1 is 1.13 bits per heavy atom. The second-order valence-electron chi connectivity index (χ2n) is 7.88. The third-order valence-electron chi connectivity index (χ3n) is 5.25. The van der Waals surface area contributed by atoms with Crippen molar-refractivity contribution in [3.05, 3.63) is 59.9 Å². The van der Waals surface area contributed by atoms with Gasteiger partial charge in [0, 0.05) is 5.69 Å². The van der Waals surface area contributed by atoms with E-state index >= 15 is 0 Å². The fourth-order valence-corrected chi connectivity index (χ4v) is 3.43. The summed E-state index contributed by atoms with van der Waals surface area (Å²) in [5, 5.41) is 2.71. The van der Waals surface area contributed by atoms with Gasteiger partial charge in [-0.05, 0) is 41.8 Å². The Labute approximate surface area is 176 Å². The van der Waals surface area contributed by atoms with Crippen LogP contribution in [0.5, 0.6) is 5.75 Å². The van der Waals surface area contributed by atoms with Crippen molar-refractivity contribution < 1.29 is 23.6 Å². The van der Waals surface area contributed by atoms with Gasteiger partial charge in [0.1, 0.15) is 11.6 Å². The predicted molar refractivity (Wildman–Crippen MR) is 113 cm³/mol. The van der Waals surface area contributed by atoms with E-state index in [-0.39, 0.29) is 30.8 Å². The molecule has 1 aliphatic heterocycles. The number of nitrogens with zero attached hydrogens (tertiary/aromatic N) is 1. The van der Waals surface area contributed by atoms with E-state index in [1.807, 2.05) is 24.3 Å². The summed E-state index contributed by atoms with van der Waals surface area (Å²) < 4.78 is 18.8. The zero-order chi connectivity index (χ0) is 21.5. The molecule has 0 saturated carbocycles. The van der Waals surface area contributed by atoms with Gasteiger partial charge in [-0.3, -0.25) is 9.59 Å². The van der Waals surface area contributed by atoms with E-state index in [0.717, 1.165) is 4.90 Å². The maximum absolute atomic E-state index is 13.2. The number of carbonyl (C=O) groups excluding carboxylic acids is 2. The SMILES string of the molecule is CC(C)c1ccc(OCC(=O)N2CC[NH+](CC(=O)Nc3cccc(F)c3)CC2)cc1. The van der Waals surface area contributed by atoms with Crippen LogP contribution in [0.1, 0.15) is 25.3 Å². The monoisotopic (exact) mass is 414 g/mol. The summed E-state index contributed by atoms with van der Waals surface area (Å²) in [5.74, 6) is 0.543. The minimum absolute atomic E-state index is 0.0103. The second-order valence-corrected chi connectivity index (χ2v) is 7.88. The summed E-state index contributed by atoms with van der Waals surface area (Å²) in [5.41, 5.74) is 1.68. The number of amides is 2. The van der Waals surface area contributed by atoms with Crippen LogP contribution in [-0.2, 0) is 9.59 Å². The highest BCUT2D eigenvalue weighted by Gasteiger charge is 2.25. The van der Waals surface area contributed by atoms with Crippen molar-refractivity contribution in [1.29, 1.82) is 0 Å². The molecule has 2 N–H and O–H groups in total. The van der Waals surface area contributed by atoms with Crippen LogP contribution < -0.4 is 15.0 Å². The third kappa shape index (κ3) is 6.29. The number of benzene rings is 2. The number of halogens is 1. The third-order valence-corrected chi connectivity index (χ3v) is 5.25. The fraction of sp³-hybridized carbons (Fsp3) is 0.391. The Bertz CT molecular complexity index is 862. The van der Waals surface area contributed by atoms with Crippen molar-refractivity contribution in [3.8, 4) is 5.75 Å². The van der Waals surface area contributed by atoms with Gasteiger partial charge in [0.2, 0.25) is 0 Å². The van der Waals surface area contributed by atoms with Crippen LogP contribution in [0.25, 0.3) is 0 Å². The minimum atomic E-state index is -0.384. The highest BCUT2D eigenvalue weighted by molar-refractivity contribution is 5.91. The molecule has 6 nitrogen and oxygen atoms in total. The van der Waals surface area contributed by atoms with Crippen LogP contribution in [0.2, 0.25) is 0 Å². The van der Waals surface area contributed by atoms with Crippen molar-refractivity contribution in [3.63, 3.8) is 0 Å². The minimum Gasteiger partial charge on any atom is -0.484 e. The summed E-state index contributed by atoms with van der Waals surface area (Å²) in [6.45, 7) is 7.09. The number of quaternary nitrogens is 1. The van der Waals surface area contributed by atoms with E-state index in [9.17, 15) is 14.0 Å². The number of hydrogen-bond donors (Lipinski definition) is 2. The van der Waals surface area contributed by atoms with Crippen molar-refractivity contribution in [2.75, 3.05) is 44.6 Å². The van der Waals surface area contributed by atoms with Gasteiger partial charge in [-0.15, -0.1) is 0 Å². The molecule has 0 aliphatic carbocycles. The number of ether oxygens (including phenoxy) is 1. The molecule has 1 saturated heterocycles. The van der Waals surface area contributed by atoms with Gasteiger partial charge in [0.25, 0.3) is 11.8 Å². The summed E-state index contributed by atoms with van der Waals surface area (Å²) in [4.78, 5) is 27.5. The molecule has 0 atom stereocenters. The molecule has 0 aromatic heterocycles. The number of piperazine rings is 1. The largest absolute Gasteiger partial charge is 0.484 e. The first-order valence-electron chi connectivity index (χ1n) is 10.3. The summed E-state index contributed by atoms with van der Waals surface area (Å²) in [6.07, 6.45) is 0. The molecule has 2 amide bonds. The standard InChI is InChI=1S/C23H28FN3O3/c1-17(2)18-6-8-21(9-7-18)30-16-23(29)27-12-10-26(11-13-27)15-22(28)25-20-5-3-4-19(24)14-20/h3-9,14,17H,10-13,15-16H2,1-2H3,(H,25,28)/p+1. The molecule has 1 fully saturated rings. The van der Waals surface area contributed by atoms with Crippen LogP contribution in [0.15, 0.2) is 48.5 Å². The number of nitrogens with one attached hydrogen (secondary N) is 2. The van der Waals surface area contributed by atoms with E-state index < -0.39 is 0 Å². The maximum Gasteiger partial charge on any atom is 0.279 e. The number of hydrogen-bond acceptors (Lipinski definition) is 3. The second kappa shape index (κ2) is 10.2. The molecule has 1 heterocycles. The lowest BCUT2D eigenvalue weighted by Gasteiger charge is -2.31. The number of anilines is 1. The smallest absolute Gasteiger partial charge is 0.279 e. The highest BCUT2D eigenvalue weighted by Crippen LogP contribution is 2.18. The summed E-state index contributed by atoms with van der Waals surface area (Å²) in [7, 11) is 0. The first-order chi connectivity index (χ1) is 14.4. The van der Waals surface area contributed by atoms with E-state index in [1.165, 1.54) is 17.7 Å². The number of rotatable bonds is 7. The molecule has 0 unspecified atom stereocenters. The van der Waals surface area contributed by atoms with Crippen LogP contribution in [0.4, 0.5) is 10.1 Å². The topological polar surface area (TPSA) is 63.1 Å². The molecule has 160 valence electrons. The van der Waals surface area contributed by atoms with Crippen molar-refractivity contribution in [1.82, 2.24) is 4.90 Å². The molecule has 30 heavy (non-hydrogen) atoms. The van der Waals surface area contributed by atoms with E-state index in [4.69, 9.17) is 4.74 Å². The lowest BCUT2D eigenvalue weighted by molar-refractivity contribution is -0.895. The molecule has 2 aromatic carbocycles. The van der Waals surface area contributed by atoms with Gasteiger partial charge in [-0.2, -0.15) is 0 Å². The van der Waals surface area contributed by atoms with Crippen LogP contribution in [-0.4, -0.2) is 56.0 Å². The van der Waals surface area contributed by atoms with Gasteiger partial charge in [-0.25, -0.2) is 4.39 Å². The zero-order valence-electron chi connectivity index (χ0n) is 17.5. The normalized spacial score (nSPS) is 14.6. The quantitative estimate of drug-likeness (QED) is 0.725. The molecule has 0 radical (unpaired) electrons. The molecule has 0 spiro atoms. The molecule has 0 bridgehead atoms. The van der Waals surface area contributed by atoms with Crippen LogP contribution in [0.3, 0.4) is 0 Å². The lowest BCUT2D eigenvalue weighted by atomic mass is 10.0. The highest BCUT2D eigenvalue weighted by atomic mass is 19.1. The molecular formula is C23H29FN3O3+. The fourth-order valence-electron chi connectivity index (χ4n) is 3.43. The predicted octanol–water partition coefficient (Wildman–Crippen LogP) is 1.69. The molecule has 3 rings (SSSR count). The van der Waals surface area contributed by atoms with Gasteiger partial charge in [-0.1, -0.05) is 32.0 Å². The van der Waals surface area contributed by atoms with Crippen LogP contribution >= 0.6 is 0 Å². The Morgan fingerprint density at radius 2 is 1.83 bits per heavy atom. The molecule has 7 heteroatoms. The maximum atomic E-state index is 13.2. The Hall–Kier alpha value is -2.93. The van der Waals surface area contributed by atoms with Gasteiger partial charge >= 0.3 is 0 Å². The van der Waals surface area contributed by atoms with E-state index in [1.54, 1.807) is 17.0 Å². The van der Waals surface area contributed by atoms with Crippen molar-refractivity contribution in [2.45, 2.75) is 19.8 Å². The average molecular weight is 415 g/mol.